The lowest BCUT2D eigenvalue weighted by atomic mass is 9.36. The number of rotatable bonds is 2. The van der Waals surface area contributed by atoms with Crippen molar-refractivity contribution in [1.29, 1.82) is 0 Å². The molecule has 0 saturated heterocycles. The van der Waals surface area contributed by atoms with Crippen molar-refractivity contribution in [2.24, 2.45) is 0 Å². The van der Waals surface area contributed by atoms with Crippen LogP contribution in [0.3, 0.4) is 0 Å². The lowest BCUT2D eigenvalue weighted by Gasteiger charge is -2.44. The molecule has 3 aliphatic heterocycles. The Balaban J connectivity index is 1.18. The molecule has 1 aliphatic carbocycles. The third-order valence-corrected chi connectivity index (χ3v) is 13.8. The minimum atomic E-state index is -2.23. The van der Waals surface area contributed by atoms with Gasteiger partial charge < -0.3 is 19.4 Å². The average Bonchev–Trinajstić information content (AvgIpc) is 3.89. The molecular weight excluding hydrogens is 808 g/mol. The summed E-state index contributed by atoms with van der Waals surface area (Å²) in [6.07, 6.45) is 0.701. The molecule has 4 aliphatic rings. The van der Waals surface area contributed by atoms with E-state index in [-0.39, 0.29) is 23.8 Å². The molecule has 9 aromatic rings. The van der Waals surface area contributed by atoms with Crippen molar-refractivity contribution in [2.45, 2.75) is 6.42 Å². The number of ether oxygens (including phenoxy) is 1. The first-order valence-electron chi connectivity index (χ1n) is 20.1. The highest BCUT2D eigenvalue weighted by Gasteiger charge is 2.47. The first-order chi connectivity index (χ1) is 30.4. The predicted octanol–water partition coefficient (Wildman–Crippen LogP) is 12.8. The Morgan fingerprint density at radius 1 is 0.484 bits per heavy atom. The molecule has 62 heavy (non-hydrogen) atoms. The van der Waals surface area contributed by atoms with E-state index < -0.39 is 34.8 Å². The van der Waals surface area contributed by atoms with Crippen molar-refractivity contribution in [3.05, 3.63) is 192 Å². The average molecular weight is 836 g/mol. The van der Waals surface area contributed by atoms with Crippen LogP contribution in [0, 0.1) is 29.1 Å². The van der Waals surface area contributed by atoms with Gasteiger partial charge in [-0.2, -0.15) is 0 Å². The Morgan fingerprint density at radius 2 is 1.16 bits per heavy atom. The van der Waals surface area contributed by atoms with Gasteiger partial charge in [-0.05, 0) is 94.7 Å². The summed E-state index contributed by atoms with van der Waals surface area (Å²) in [5.41, 5.74) is 10.7. The molecular formula is C51H27BF5N3OS. The monoisotopic (exact) mass is 835 g/mol. The number of hydrogen-bond donors (Lipinski definition) is 0. The summed E-state index contributed by atoms with van der Waals surface area (Å²) < 4.78 is 86.8. The number of fused-ring (bicyclic) bond motifs is 14. The molecule has 0 saturated carbocycles. The van der Waals surface area contributed by atoms with Crippen molar-refractivity contribution < 1.29 is 26.7 Å². The number of hydrogen-bond acceptors (Lipinski definition) is 5. The van der Waals surface area contributed by atoms with Crippen molar-refractivity contribution in [3.63, 3.8) is 0 Å². The molecule has 13 rings (SSSR count). The molecule has 296 valence electrons. The lowest BCUT2D eigenvalue weighted by Crippen LogP contribution is -2.60. The number of anilines is 9. The zero-order valence-corrected chi connectivity index (χ0v) is 33.1. The second-order valence-corrected chi connectivity index (χ2v) is 16.9. The topological polar surface area (TPSA) is 19.0 Å². The molecule has 11 heteroatoms. The van der Waals surface area contributed by atoms with Gasteiger partial charge in [0.05, 0.1) is 17.1 Å². The van der Waals surface area contributed by atoms with Gasteiger partial charge in [0, 0.05) is 48.9 Å². The maximum absolute atomic E-state index is 16.2. The fraction of sp³-hybridized carbons (Fsp3) is 0.0196. The standard InChI is InChI=1S/C51H27BF5N3OS/c53-43-44(54)46(56)50(47(57)45(43)55)59-30-22-23-33-37(26-30)60(49-39(61-38-19-8-7-16-34(38)59)24-21-28-25-27-11-4-5-14-31(27)41(28)49)36-18-10-17-35-42(36)52(33)51-48(32-15-6-9-20-40(32)62-51)58(35)29-12-2-1-3-13-29/h1-24,26H,25H2. The van der Waals surface area contributed by atoms with Gasteiger partial charge in [-0.25, -0.2) is 22.0 Å². The molecule has 0 amide bonds. The van der Waals surface area contributed by atoms with Crippen LogP contribution in [-0.4, -0.2) is 6.71 Å². The van der Waals surface area contributed by atoms with Crippen LogP contribution < -0.4 is 35.1 Å². The van der Waals surface area contributed by atoms with Crippen LogP contribution in [-0.2, 0) is 6.42 Å². The third-order valence-electron chi connectivity index (χ3n) is 12.6. The number of nitrogens with zero attached hydrogens (tertiary/aromatic N) is 3. The molecule has 0 atom stereocenters. The van der Waals surface area contributed by atoms with E-state index in [9.17, 15) is 4.39 Å². The Morgan fingerprint density at radius 3 is 2.00 bits per heavy atom. The molecule has 0 radical (unpaired) electrons. The van der Waals surface area contributed by atoms with Crippen LogP contribution in [0.2, 0.25) is 0 Å². The normalized spacial score (nSPS) is 13.8. The molecule has 2 bridgehead atoms. The zero-order chi connectivity index (χ0) is 41.5. The van der Waals surface area contributed by atoms with Gasteiger partial charge in [0.15, 0.2) is 34.8 Å². The summed E-state index contributed by atoms with van der Waals surface area (Å²) in [5.74, 6) is -9.66. The van der Waals surface area contributed by atoms with Crippen LogP contribution in [0.15, 0.2) is 152 Å². The molecule has 8 aromatic carbocycles. The fourth-order valence-corrected chi connectivity index (χ4v) is 11.4. The van der Waals surface area contributed by atoms with E-state index in [1.54, 1.807) is 41.7 Å². The second-order valence-electron chi connectivity index (χ2n) is 15.8. The highest BCUT2D eigenvalue weighted by molar-refractivity contribution is 7.33. The third kappa shape index (κ3) is 4.65. The van der Waals surface area contributed by atoms with E-state index in [2.05, 4.69) is 58.3 Å². The van der Waals surface area contributed by atoms with Crippen molar-refractivity contribution in [2.75, 3.05) is 14.7 Å². The Hall–Kier alpha value is -7.37. The first kappa shape index (κ1) is 35.4. The number of halogens is 5. The smallest absolute Gasteiger partial charge is 0.264 e. The van der Waals surface area contributed by atoms with Crippen molar-refractivity contribution >= 4 is 95.0 Å². The SMILES string of the molecule is Fc1c(F)c(F)c(N2c3ccc4c(c3)N(c3cccc5c3B4c3sc4ccccc4c3N5c3ccccc3)c3c(ccc4c3-c3ccccc3C4)Oc3ccccc32)c(F)c1F. The molecule has 0 unspecified atom stereocenters. The molecule has 4 heterocycles. The number of para-hydroxylation sites is 3. The van der Waals surface area contributed by atoms with Crippen LogP contribution in [0.1, 0.15) is 11.1 Å². The molecule has 0 N–H and O–H groups in total. The van der Waals surface area contributed by atoms with Gasteiger partial charge in [0.2, 0.25) is 5.82 Å². The quantitative estimate of drug-likeness (QED) is 0.0747. The van der Waals surface area contributed by atoms with Gasteiger partial charge in [-0.1, -0.05) is 91.0 Å². The van der Waals surface area contributed by atoms with E-state index >= 15 is 17.6 Å². The maximum Gasteiger partial charge on any atom is 0.264 e. The summed E-state index contributed by atoms with van der Waals surface area (Å²) in [6.45, 7) is -0.305. The van der Waals surface area contributed by atoms with Crippen molar-refractivity contribution in [3.8, 4) is 22.6 Å². The highest BCUT2D eigenvalue weighted by Crippen LogP contribution is 2.57. The summed E-state index contributed by atoms with van der Waals surface area (Å²) in [7, 11) is 0. The number of benzene rings is 8. The van der Waals surface area contributed by atoms with Crippen molar-refractivity contribution in [1.82, 2.24) is 0 Å². The number of thiophene rings is 1. The summed E-state index contributed by atoms with van der Waals surface area (Å²) in [4.78, 5) is 5.59. The minimum Gasteiger partial charge on any atom is -0.453 e. The lowest BCUT2D eigenvalue weighted by molar-refractivity contribution is 0.380. The van der Waals surface area contributed by atoms with Gasteiger partial charge in [0.25, 0.3) is 6.71 Å². The Labute approximate surface area is 356 Å². The Kier molecular flexibility index (Phi) is 7.32. The van der Waals surface area contributed by atoms with Crippen LogP contribution in [0.5, 0.6) is 11.5 Å². The Bertz CT molecular complexity index is 3400. The van der Waals surface area contributed by atoms with Gasteiger partial charge in [-0.15, -0.1) is 11.3 Å². The van der Waals surface area contributed by atoms with Gasteiger partial charge in [-0.3, -0.25) is 0 Å². The van der Waals surface area contributed by atoms with Crippen LogP contribution >= 0.6 is 11.3 Å². The summed E-state index contributed by atoms with van der Waals surface area (Å²) in [6, 6.07) is 49.2. The molecule has 0 fully saturated rings. The van der Waals surface area contributed by atoms with E-state index in [4.69, 9.17) is 4.74 Å². The van der Waals surface area contributed by atoms with E-state index in [0.717, 1.165) is 81.4 Å². The molecule has 0 spiro atoms. The van der Waals surface area contributed by atoms with Gasteiger partial charge in [0.1, 0.15) is 5.69 Å². The fourth-order valence-electron chi connectivity index (χ4n) is 10.1. The minimum absolute atomic E-state index is 0.0809. The predicted molar refractivity (Wildman–Crippen MR) is 239 cm³/mol. The first-order valence-corrected chi connectivity index (χ1v) is 20.9. The van der Waals surface area contributed by atoms with Crippen LogP contribution in [0.4, 0.5) is 73.1 Å². The largest absolute Gasteiger partial charge is 0.453 e. The summed E-state index contributed by atoms with van der Waals surface area (Å²) >= 11 is 1.72. The molecule has 1 aromatic heterocycles. The van der Waals surface area contributed by atoms with E-state index in [1.807, 2.05) is 72.8 Å². The second kappa shape index (κ2) is 12.8. The highest BCUT2D eigenvalue weighted by atomic mass is 32.1. The zero-order valence-electron chi connectivity index (χ0n) is 32.3. The summed E-state index contributed by atoms with van der Waals surface area (Å²) in [5, 5.41) is 1.10. The van der Waals surface area contributed by atoms with Crippen LogP contribution in [0.25, 0.3) is 21.2 Å². The maximum atomic E-state index is 16.2. The van der Waals surface area contributed by atoms with Gasteiger partial charge >= 0.3 is 0 Å². The van der Waals surface area contributed by atoms with E-state index in [0.29, 0.717) is 17.9 Å². The van der Waals surface area contributed by atoms with E-state index in [1.165, 1.54) is 0 Å². The molecule has 4 nitrogen and oxygen atoms in total.